The summed E-state index contributed by atoms with van der Waals surface area (Å²) in [7, 11) is 0. The first kappa shape index (κ1) is 15.4. The largest absolute Gasteiger partial charge is 0.494 e. The molecule has 0 aromatic heterocycles. The van der Waals surface area contributed by atoms with Crippen molar-refractivity contribution in [2.24, 2.45) is 0 Å². The summed E-state index contributed by atoms with van der Waals surface area (Å²) in [5, 5.41) is 0. The lowest BCUT2D eigenvalue weighted by Gasteiger charge is -2.13. The van der Waals surface area contributed by atoms with Gasteiger partial charge in [-0.15, -0.1) is 0 Å². The molecule has 3 aromatic rings. The van der Waals surface area contributed by atoms with Crippen LogP contribution in [0, 0.1) is 0 Å². The van der Waals surface area contributed by atoms with Crippen LogP contribution in [-0.2, 0) is 0 Å². The predicted molar refractivity (Wildman–Crippen MR) is 97.7 cm³/mol. The van der Waals surface area contributed by atoms with Gasteiger partial charge in [0.1, 0.15) is 5.75 Å². The second-order valence-corrected chi connectivity index (χ2v) is 5.64. The number of rotatable bonds is 6. The molecule has 1 heteroatoms. The Bertz CT molecular complexity index is 732. The predicted octanol–water partition coefficient (Wildman–Crippen LogP) is 6.20. The summed E-state index contributed by atoms with van der Waals surface area (Å²) in [5.41, 5.74) is 4.89. The van der Waals surface area contributed by atoms with E-state index in [9.17, 15) is 0 Å². The van der Waals surface area contributed by atoms with E-state index in [1.165, 1.54) is 22.3 Å². The Morgan fingerprint density at radius 2 is 1.30 bits per heavy atom. The molecule has 0 radical (unpaired) electrons. The molecule has 23 heavy (non-hydrogen) atoms. The van der Waals surface area contributed by atoms with E-state index < -0.39 is 0 Å². The lowest BCUT2D eigenvalue weighted by molar-refractivity contribution is 0.309. The van der Waals surface area contributed by atoms with Gasteiger partial charge in [0.15, 0.2) is 0 Å². The van der Waals surface area contributed by atoms with Crippen LogP contribution in [-0.4, -0.2) is 6.61 Å². The van der Waals surface area contributed by atoms with Crippen LogP contribution in [0.3, 0.4) is 0 Å². The van der Waals surface area contributed by atoms with Gasteiger partial charge < -0.3 is 4.74 Å². The molecule has 3 aromatic carbocycles. The molecule has 0 bridgehead atoms. The molecule has 0 saturated heterocycles. The molecule has 0 atom stereocenters. The van der Waals surface area contributed by atoms with Gasteiger partial charge in [-0.2, -0.15) is 0 Å². The topological polar surface area (TPSA) is 9.23 Å². The van der Waals surface area contributed by atoms with Gasteiger partial charge in [-0.1, -0.05) is 80.1 Å². The highest BCUT2D eigenvalue weighted by Gasteiger charge is 2.09. The van der Waals surface area contributed by atoms with Crippen LogP contribution in [0.15, 0.2) is 78.9 Å². The van der Waals surface area contributed by atoms with Crippen molar-refractivity contribution in [1.82, 2.24) is 0 Å². The Morgan fingerprint density at radius 1 is 0.696 bits per heavy atom. The first-order valence-corrected chi connectivity index (χ1v) is 8.26. The lowest BCUT2D eigenvalue weighted by Crippen LogP contribution is -1.97. The Morgan fingerprint density at radius 3 is 1.91 bits per heavy atom. The van der Waals surface area contributed by atoms with Crippen molar-refractivity contribution in [3.05, 3.63) is 78.9 Å². The van der Waals surface area contributed by atoms with Crippen molar-refractivity contribution in [2.75, 3.05) is 6.61 Å². The minimum Gasteiger partial charge on any atom is -0.494 e. The van der Waals surface area contributed by atoms with Gasteiger partial charge >= 0.3 is 0 Å². The fourth-order valence-corrected chi connectivity index (χ4v) is 2.67. The van der Waals surface area contributed by atoms with Gasteiger partial charge in [0.25, 0.3) is 0 Å². The summed E-state index contributed by atoms with van der Waals surface area (Å²) >= 11 is 0. The molecule has 0 fully saturated rings. The Labute approximate surface area is 138 Å². The molecule has 0 aliphatic carbocycles. The third kappa shape index (κ3) is 3.81. The quantitative estimate of drug-likeness (QED) is 0.493. The summed E-state index contributed by atoms with van der Waals surface area (Å²) in [5.74, 6) is 0.942. The van der Waals surface area contributed by atoms with E-state index in [1.807, 2.05) is 12.1 Å². The van der Waals surface area contributed by atoms with Gasteiger partial charge in [-0.25, -0.2) is 0 Å². The van der Waals surface area contributed by atoms with Crippen LogP contribution in [0.2, 0.25) is 0 Å². The summed E-state index contributed by atoms with van der Waals surface area (Å²) < 4.78 is 5.90. The number of ether oxygens (including phenoxy) is 1. The highest BCUT2D eigenvalue weighted by Crippen LogP contribution is 2.34. The second-order valence-electron chi connectivity index (χ2n) is 5.64. The molecule has 0 saturated carbocycles. The SMILES string of the molecule is CCCCOc1ccc(-c2ccccc2)c(-c2ccccc2)c1. The monoisotopic (exact) mass is 302 g/mol. The normalized spacial score (nSPS) is 10.5. The summed E-state index contributed by atoms with van der Waals surface area (Å²) in [4.78, 5) is 0. The van der Waals surface area contributed by atoms with Crippen molar-refractivity contribution in [1.29, 1.82) is 0 Å². The Hall–Kier alpha value is -2.54. The van der Waals surface area contributed by atoms with E-state index in [4.69, 9.17) is 4.74 Å². The van der Waals surface area contributed by atoms with Crippen LogP contribution in [0.5, 0.6) is 5.75 Å². The number of hydrogen-bond donors (Lipinski definition) is 0. The lowest BCUT2D eigenvalue weighted by atomic mass is 9.94. The summed E-state index contributed by atoms with van der Waals surface area (Å²) in [6, 6.07) is 27.4. The molecule has 0 aliphatic rings. The third-order valence-corrected chi connectivity index (χ3v) is 3.93. The molecule has 3 rings (SSSR count). The highest BCUT2D eigenvalue weighted by atomic mass is 16.5. The zero-order chi connectivity index (χ0) is 15.9. The molecule has 116 valence electrons. The third-order valence-electron chi connectivity index (χ3n) is 3.93. The van der Waals surface area contributed by atoms with Crippen molar-refractivity contribution in [2.45, 2.75) is 19.8 Å². The van der Waals surface area contributed by atoms with Crippen molar-refractivity contribution >= 4 is 0 Å². The van der Waals surface area contributed by atoms with Crippen molar-refractivity contribution in [3.63, 3.8) is 0 Å². The Kier molecular flexibility index (Phi) is 5.10. The second kappa shape index (κ2) is 7.64. The summed E-state index contributed by atoms with van der Waals surface area (Å²) in [6.45, 7) is 2.95. The maximum Gasteiger partial charge on any atom is 0.119 e. The van der Waals surface area contributed by atoms with E-state index in [0.717, 1.165) is 25.2 Å². The van der Waals surface area contributed by atoms with Crippen LogP contribution in [0.4, 0.5) is 0 Å². The van der Waals surface area contributed by atoms with Crippen LogP contribution in [0.25, 0.3) is 22.3 Å². The van der Waals surface area contributed by atoms with Gasteiger partial charge in [0.05, 0.1) is 6.61 Å². The molecule has 0 aliphatic heterocycles. The van der Waals surface area contributed by atoms with Gasteiger partial charge in [-0.3, -0.25) is 0 Å². The van der Waals surface area contributed by atoms with E-state index in [-0.39, 0.29) is 0 Å². The molecule has 0 spiro atoms. The van der Waals surface area contributed by atoms with Crippen molar-refractivity contribution < 1.29 is 4.74 Å². The minimum atomic E-state index is 0.773. The molecule has 0 N–H and O–H groups in total. The van der Waals surface area contributed by atoms with E-state index in [0.29, 0.717) is 0 Å². The van der Waals surface area contributed by atoms with E-state index >= 15 is 0 Å². The average Bonchev–Trinajstić information content (AvgIpc) is 2.63. The fourth-order valence-electron chi connectivity index (χ4n) is 2.67. The molecule has 0 unspecified atom stereocenters. The van der Waals surface area contributed by atoms with E-state index in [2.05, 4.69) is 73.7 Å². The van der Waals surface area contributed by atoms with Crippen LogP contribution < -0.4 is 4.74 Å². The first-order chi connectivity index (χ1) is 11.4. The maximum atomic E-state index is 5.90. The highest BCUT2D eigenvalue weighted by molar-refractivity contribution is 5.84. The molecule has 1 nitrogen and oxygen atoms in total. The summed E-state index contributed by atoms with van der Waals surface area (Å²) in [6.07, 6.45) is 2.23. The van der Waals surface area contributed by atoms with Gasteiger partial charge in [0.2, 0.25) is 0 Å². The number of unbranched alkanes of at least 4 members (excludes halogenated alkanes) is 1. The van der Waals surface area contributed by atoms with Crippen molar-refractivity contribution in [3.8, 4) is 28.0 Å². The minimum absolute atomic E-state index is 0.773. The van der Waals surface area contributed by atoms with E-state index in [1.54, 1.807) is 0 Å². The Balaban J connectivity index is 2.02. The number of hydrogen-bond acceptors (Lipinski definition) is 1. The first-order valence-electron chi connectivity index (χ1n) is 8.26. The zero-order valence-corrected chi connectivity index (χ0v) is 13.5. The van der Waals surface area contributed by atoms with Gasteiger partial charge in [-0.05, 0) is 40.8 Å². The van der Waals surface area contributed by atoms with Crippen LogP contribution in [0.1, 0.15) is 19.8 Å². The fraction of sp³-hybridized carbons (Fsp3) is 0.182. The molecule has 0 heterocycles. The van der Waals surface area contributed by atoms with Crippen LogP contribution >= 0.6 is 0 Å². The molecular weight excluding hydrogens is 280 g/mol. The smallest absolute Gasteiger partial charge is 0.119 e. The average molecular weight is 302 g/mol. The van der Waals surface area contributed by atoms with Gasteiger partial charge in [0, 0.05) is 0 Å². The maximum absolute atomic E-state index is 5.90. The molecular formula is C22H22O. The standard InChI is InChI=1S/C22H22O/c1-2-3-16-23-20-14-15-21(18-10-6-4-7-11-18)22(17-20)19-12-8-5-9-13-19/h4-15,17H,2-3,16H2,1H3. The molecule has 0 amide bonds. The zero-order valence-electron chi connectivity index (χ0n) is 13.5. The number of benzene rings is 3.